The summed E-state index contributed by atoms with van der Waals surface area (Å²) < 4.78 is 5.41. The molecule has 2 N–H and O–H groups in total. The molecule has 0 bridgehead atoms. The van der Waals surface area contributed by atoms with Crippen LogP contribution in [0.5, 0.6) is 5.75 Å². The van der Waals surface area contributed by atoms with Crippen LogP contribution in [0.4, 0.5) is 5.69 Å². The number of hydrogen-bond donors (Lipinski definition) is 2. The standard InChI is InChI=1S/C24H20N4O6/c1-16(26-27-23(30)22(29)25-15-17-7-3-2-4-8-17)20-9-5-6-10-21(20)34-24(31)18-11-13-19(14-12-18)28(32)33/h2-14H,15H2,1H3,(H,25,29)(H,27,30)/b26-16+. The molecular weight excluding hydrogens is 440 g/mol. The van der Waals surface area contributed by atoms with Crippen molar-refractivity contribution in [1.82, 2.24) is 10.7 Å². The number of ether oxygens (including phenoxy) is 1. The monoisotopic (exact) mass is 460 g/mol. The molecule has 0 aromatic heterocycles. The maximum absolute atomic E-state index is 12.5. The molecule has 0 spiro atoms. The van der Waals surface area contributed by atoms with Crippen LogP contribution >= 0.6 is 0 Å². The van der Waals surface area contributed by atoms with Crippen molar-refractivity contribution in [2.45, 2.75) is 13.5 Å². The van der Waals surface area contributed by atoms with Crippen LogP contribution in [0.15, 0.2) is 84.0 Å². The first-order valence-corrected chi connectivity index (χ1v) is 10.1. The Morgan fingerprint density at radius 3 is 2.24 bits per heavy atom. The van der Waals surface area contributed by atoms with E-state index < -0.39 is 22.7 Å². The van der Waals surface area contributed by atoms with Crippen molar-refractivity contribution in [3.05, 3.63) is 106 Å². The highest BCUT2D eigenvalue weighted by Gasteiger charge is 2.16. The molecule has 0 radical (unpaired) electrons. The van der Waals surface area contributed by atoms with Crippen LogP contribution in [-0.4, -0.2) is 28.4 Å². The van der Waals surface area contributed by atoms with E-state index in [1.165, 1.54) is 30.3 Å². The third-order valence-corrected chi connectivity index (χ3v) is 4.62. The molecule has 2 amide bonds. The number of nitro groups is 1. The van der Waals surface area contributed by atoms with E-state index in [4.69, 9.17) is 4.74 Å². The fourth-order valence-electron chi connectivity index (χ4n) is 2.84. The lowest BCUT2D eigenvalue weighted by Crippen LogP contribution is -2.37. The van der Waals surface area contributed by atoms with Gasteiger partial charge in [0, 0.05) is 24.2 Å². The van der Waals surface area contributed by atoms with E-state index in [1.54, 1.807) is 25.1 Å². The zero-order valence-electron chi connectivity index (χ0n) is 18.1. The molecule has 0 aliphatic carbocycles. The minimum Gasteiger partial charge on any atom is -0.422 e. The van der Waals surface area contributed by atoms with Crippen molar-refractivity contribution in [2.24, 2.45) is 5.10 Å². The van der Waals surface area contributed by atoms with Crippen LogP contribution in [0.1, 0.15) is 28.4 Å². The van der Waals surface area contributed by atoms with E-state index in [9.17, 15) is 24.5 Å². The molecule has 0 aliphatic heterocycles. The van der Waals surface area contributed by atoms with Gasteiger partial charge in [-0.1, -0.05) is 42.5 Å². The molecular formula is C24H20N4O6. The van der Waals surface area contributed by atoms with Gasteiger partial charge in [-0.25, -0.2) is 10.2 Å². The van der Waals surface area contributed by atoms with Gasteiger partial charge in [-0.05, 0) is 36.8 Å². The maximum Gasteiger partial charge on any atom is 0.343 e. The largest absolute Gasteiger partial charge is 0.422 e. The Bertz CT molecular complexity index is 1240. The predicted molar refractivity (Wildman–Crippen MR) is 123 cm³/mol. The molecule has 0 heterocycles. The van der Waals surface area contributed by atoms with Crippen LogP contribution in [-0.2, 0) is 16.1 Å². The third-order valence-electron chi connectivity index (χ3n) is 4.62. The van der Waals surface area contributed by atoms with E-state index in [0.29, 0.717) is 5.56 Å². The number of hydrogen-bond acceptors (Lipinski definition) is 7. The van der Waals surface area contributed by atoms with Gasteiger partial charge in [0.25, 0.3) is 5.69 Å². The molecule has 0 atom stereocenters. The van der Waals surface area contributed by atoms with Gasteiger partial charge in [-0.2, -0.15) is 5.10 Å². The highest BCUT2D eigenvalue weighted by atomic mass is 16.6. The van der Waals surface area contributed by atoms with Crippen molar-refractivity contribution in [3.8, 4) is 5.75 Å². The number of benzene rings is 3. The van der Waals surface area contributed by atoms with Gasteiger partial charge in [-0.15, -0.1) is 0 Å². The summed E-state index contributed by atoms with van der Waals surface area (Å²) >= 11 is 0. The summed E-state index contributed by atoms with van der Waals surface area (Å²) in [6.45, 7) is 1.76. The number of carbonyl (C=O) groups is 3. The average molecular weight is 460 g/mol. The lowest BCUT2D eigenvalue weighted by atomic mass is 10.1. The molecule has 0 aliphatic rings. The summed E-state index contributed by atoms with van der Waals surface area (Å²) in [5.74, 6) is -2.36. The van der Waals surface area contributed by atoms with Crippen molar-refractivity contribution in [3.63, 3.8) is 0 Å². The fraction of sp³-hybridized carbons (Fsp3) is 0.0833. The van der Waals surface area contributed by atoms with Crippen molar-refractivity contribution in [1.29, 1.82) is 0 Å². The second-order valence-corrected chi connectivity index (χ2v) is 7.00. The minimum atomic E-state index is -0.948. The molecule has 172 valence electrons. The van der Waals surface area contributed by atoms with Crippen LogP contribution in [0.2, 0.25) is 0 Å². The lowest BCUT2D eigenvalue weighted by molar-refractivity contribution is -0.384. The van der Waals surface area contributed by atoms with Crippen LogP contribution in [0, 0.1) is 10.1 Å². The number of nitrogens with one attached hydrogen (secondary N) is 2. The van der Waals surface area contributed by atoms with Crippen molar-refractivity contribution in [2.75, 3.05) is 0 Å². The van der Waals surface area contributed by atoms with E-state index in [2.05, 4.69) is 15.8 Å². The highest BCUT2D eigenvalue weighted by Crippen LogP contribution is 2.21. The number of esters is 1. The van der Waals surface area contributed by atoms with Gasteiger partial charge in [0.15, 0.2) is 0 Å². The Morgan fingerprint density at radius 2 is 1.56 bits per heavy atom. The zero-order chi connectivity index (χ0) is 24.5. The lowest BCUT2D eigenvalue weighted by Gasteiger charge is -2.10. The second kappa shape index (κ2) is 11.1. The first kappa shape index (κ1) is 23.8. The molecule has 10 nitrogen and oxygen atoms in total. The Hall–Kier alpha value is -4.86. The number of amides is 2. The SMILES string of the molecule is C/C(=N\NC(=O)C(=O)NCc1ccccc1)c1ccccc1OC(=O)c1ccc([N+](=O)[O-])cc1. The normalized spacial score (nSPS) is 10.8. The maximum atomic E-state index is 12.5. The van der Waals surface area contributed by atoms with Gasteiger partial charge >= 0.3 is 17.8 Å². The molecule has 3 aromatic rings. The van der Waals surface area contributed by atoms with Gasteiger partial charge in [0.1, 0.15) is 5.75 Å². The Labute approximate surface area is 194 Å². The summed E-state index contributed by atoms with van der Waals surface area (Å²) in [7, 11) is 0. The van der Waals surface area contributed by atoms with E-state index >= 15 is 0 Å². The molecule has 0 saturated heterocycles. The van der Waals surface area contributed by atoms with E-state index in [0.717, 1.165) is 5.56 Å². The van der Waals surface area contributed by atoms with E-state index in [-0.39, 0.29) is 29.3 Å². The summed E-state index contributed by atoms with van der Waals surface area (Å²) in [5, 5.41) is 17.2. The number of nitrogens with zero attached hydrogens (tertiary/aromatic N) is 2. The number of hydrazone groups is 1. The fourth-order valence-corrected chi connectivity index (χ4v) is 2.84. The molecule has 0 saturated carbocycles. The van der Waals surface area contributed by atoms with Crippen molar-refractivity contribution >= 4 is 29.2 Å². The molecule has 10 heteroatoms. The van der Waals surface area contributed by atoms with Crippen LogP contribution < -0.4 is 15.5 Å². The topological polar surface area (TPSA) is 140 Å². The third kappa shape index (κ3) is 6.33. The zero-order valence-corrected chi connectivity index (χ0v) is 18.1. The molecule has 3 aromatic carbocycles. The quantitative estimate of drug-likeness (QED) is 0.139. The van der Waals surface area contributed by atoms with Crippen LogP contribution in [0.25, 0.3) is 0 Å². The molecule has 34 heavy (non-hydrogen) atoms. The summed E-state index contributed by atoms with van der Waals surface area (Å²) in [4.78, 5) is 46.7. The first-order chi connectivity index (χ1) is 16.3. The summed E-state index contributed by atoms with van der Waals surface area (Å²) in [5.41, 5.74) is 3.69. The summed E-state index contributed by atoms with van der Waals surface area (Å²) in [6.07, 6.45) is 0. The Balaban J connectivity index is 1.64. The number of nitro benzene ring substituents is 1. The van der Waals surface area contributed by atoms with Gasteiger partial charge < -0.3 is 10.1 Å². The average Bonchev–Trinajstić information content (AvgIpc) is 2.86. The highest BCUT2D eigenvalue weighted by molar-refractivity contribution is 6.35. The Kier molecular flexibility index (Phi) is 7.79. The van der Waals surface area contributed by atoms with E-state index in [1.807, 2.05) is 30.3 Å². The van der Waals surface area contributed by atoms with Gasteiger partial charge in [0.2, 0.25) is 0 Å². The Morgan fingerprint density at radius 1 is 0.912 bits per heavy atom. The van der Waals surface area contributed by atoms with Crippen LogP contribution in [0.3, 0.4) is 0 Å². The number of non-ortho nitro benzene ring substituents is 1. The minimum absolute atomic E-state index is 0.124. The molecule has 3 rings (SSSR count). The molecule has 0 fully saturated rings. The number of carbonyl (C=O) groups excluding carboxylic acids is 3. The summed E-state index contributed by atoms with van der Waals surface area (Å²) in [6, 6.07) is 20.6. The van der Waals surface area contributed by atoms with Gasteiger partial charge in [-0.3, -0.25) is 19.7 Å². The molecule has 0 unspecified atom stereocenters. The number of rotatable bonds is 7. The predicted octanol–water partition coefficient (Wildman–Crippen LogP) is 2.97. The number of para-hydroxylation sites is 1. The second-order valence-electron chi connectivity index (χ2n) is 7.00. The smallest absolute Gasteiger partial charge is 0.343 e. The first-order valence-electron chi connectivity index (χ1n) is 10.1. The van der Waals surface area contributed by atoms with Gasteiger partial charge in [0.05, 0.1) is 16.2 Å². The van der Waals surface area contributed by atoms with Crippen molar-refractivity contribution < 1.29 is 24.0 Å².